The molecule has 4 heterocycles. The summed E-state index contributed by atoms with van der Waals surface area (Å²) in [5, 5.41) is 10.4. The Balaban J connectivity index is 1.18. The summed E-state index contributed by atoms with van der Waals surface area (Å²) in [6, 6.07) is 43.3. The van der Waals surface area contributed by atoms with Crippen molar-refractivity contribution in [3.63, 3.8) is 0 Å². The molecule has 0 fully saturated rings. The number of rotatable bonds is 8. The Hall–Kier alpha value is -6.12. The molecular weight excluding hydrogens is 613 g/mol. The molecule has 0 radical (unpaired) electrons. The van der Waals surface area contributed by atoms with E-state index in [9.17, 15) is 4.79 Å². The molecule has 8 rings (SSSR count). The molecule has 0 atom stereocenters. The number of nitrogens with one attached hydrogen (secondary N) is 1. The largest absolute Gasteiger partial charge is 0.299 e. The third kappa shape index (κ3) is 5.18. The van der Waals surface area contributed by atoms with Gasteiger partial charge in [0.05, 0.1) is 23.8 Å². The van der Waals surface area contributed by atoms with Gasteiger partial charge < -0.3 is 0 Å². The zero-order valence-electron chi connectivity index (χ0n) is 26.1. The van der Waals surface area contributed by atoms with Crippen LogP contribution in [0.1, 0.15) is 32.7 Å². The number of aryl methyl sites for hydroxylation is 1. The fourth-order valence-electron chi connectivity index (χ4n) is 6.33. The molecule has 0 aliphatic heterocycles. The summed E-state index contributed by atoms with van der Waals surface area (Å²) in [4.78, 5) is 21.8. The number of nitrogens with zero attached hydrogens (tertiary/aromatic N) is 5. The van der Waals surface area contributed by atoms with Crippen LogP contribution >= 0.6 is 11.3 Å². The number of hydrogen-bond donors (Lipinski definition) is 1. The van der Waals surface area contributed by atoms with Crippen molar-refractivity contribution in [2.45, 2.75) is 12.5 Å². The van der Waals surface area contributed by atoms with Gasteiger partial charge in [-0.2, -0.15) is 5.10 Å². The second kappa shape index (κ2) is 12.2. The van der Waals surface area contributed by atoms with Gasteiger partial charge in [0.2, 0.25) is 0 Å². The molecule has 0 saturated heterocycles. The van der Waals surface area contributed by atoms with Gasteiger partial charge in [0, 0.05) is 40.0 Å². The van der Waals surface area contributed by atoms with Crippen molar-refractivity contribution in [1.82, 2.24) is 24.1 Å². The molecule has 0 aliphatic rings. The summed E-state index contributed by atoms with van der Waals surface area (Å²) < 4.78 is 4.16. The van der Waals surface area contributed by atoms with Gasteiger partial charge in [0.1, 0.15) is 11.2 Å². The predicted octanol–water partition coefficient (Wildman–Crippen LogP) is 8.72. The Bertz CT molecular complexity index is 2250. The predicted molar refractivity (Wildman–Crippen MR) is 191 cm³/mol. The lowest BCUT2D eigenvalue weighted by molar-refractivity contribution is 0.102. The normalized spacial score (nSPS) is 11.5. The number of amides is 1. The molecule has 4 aromatic carbocycles. The number of aromatic nitrogens is 5. The number of benzene rings is 4. The minimum absolute atomic E-state index is 0.189. The summed E-state index contributed by atoms with van der Waals surface area (Å²) in [7, 11) is 0. The van der Waals surface area contributed by atoms with Gasteiger partial charge >= 0.3 is 0 Å². The maximum Gasteiger partial charge on any atom is 0.257 e. The number of pyridine rings is 1. The van der Waals surface area contributed by atoms with Crippen LogP contribution < -0.4 is 5.32 Å². The van der Waals surface area contributed by atoms with Crippen molar-refractivity contribution in [2.75, 3.05) is 5.32 Å². The van der Waals surface area contributed by atoms with Crippen molar-refractivity contribution in [3.8, 4) is 22.4 Å². The van der Waals surface area contributed by atoms with E-state index in [-0.39, 0.29) is 5.91 Å². The first-order valence-corrected chi connectivity index (χ1v) is 16.5. The van der Waals surface area contributed by atoms with E-state index in [4.69, 9.17) is 5.10 Å². The van der Waals surface area contributed by atoms with E-state index in [2.05, 4.69) is 116 Å². The van der Waals surface area contributed by atoms with Crippen molar-refractivity contribution >= 4 is 28.0 Å². The van der Waals surface area contributed by atoms with Crippen LogP contribution in [0.25, 0.3) is 28.0 Å². The van der Waals surface area contributed by atoms with Crippen molar-refractivity contribution in [3.05, 3.63) is 186 Å². The smallest absolute Gasteiger partial charge is 0.257 e. The minimum Gasteiger partial charge on any atom is -0.299 e. The number of carbonyl (C=O) groups is 1. The van der Waals surface area contributed by atoms with E-state index in [1.165, 1.54) is 11.3 Å². The van der Waals surface area contributed by atoms with E-state index in [0.717, 1.165) is 50.4 Å². The van der Waals surface area contributed by atoms with Gasteiger partial charge in [0.25, 0.3) is 5.91 Å². The quantitative estimate of drug-likeness (QED) is 0.168. The lowest BCUT2D eigenvalue weighted by Gasteiger charge is -2.36. The Kier molecular flexibility index (Phi) is 7.47. The molecule has 8 aromatic rings. The highest BCUT2D eigenvalue weighted by atomic mass is 32.1. The molecule has 0 bridgehead atoms. The van der Waals surface area contributed by atoms with Gasteiger partial charge in [-0.1, -0.05) is 103 Å². The molecule has 48 heavy (non-hydrogen) atoms. The Morgan fingerprint density at radius 2 is 1.29 bits per heavy atom. The number of thiazole rings is 1. The van der Waals surface area contributed by atoms with Gasteiger partial charge in [-0.15, -0.1) is 11.3 Å². The third-order valence-corrected chi connectivity index (χ3v) is 9.50. The third-order valence-electron chi connectivity index (χ3n) is 8.62. The van der Waals surface area contributed by atoms with E-state index in [1.54, 1.807) is 0 Å². The highest BCUT2D eigenvalue weighted by Crippen LogP contribution is 2.41. The number of fused-ring (bicyclic) bond motifs is 1. The Morgan fingerprint density at radius 1 is 0.688 bits per heavy atom. The number of hydrogen-bond acceptors (Lipinski definition) is 5. The highest BCUT2D eigenvalue weighted by molar-refractivity contribution is 7.13. The average Bonchev–Trinajstić information content (AvgIpc) is 3.90. The summed E-state index contributed by atoms with van der Waals surface area (Å²) >= 11 is 1.41. The van der Waals surface area contributed by atoms with Gasteiger partial charge in [-0.3, -0.25) is 19.2 Å². The van der Waals surface area contributed by atoms with E-state index < -0.39 is 5.54 Å². The van der Waals surface area contributed by atoms with Crippen LogP contribution in [0.5, 0.6) is 0 Å². The molecule has 8 heteroatoms. The number of imidazole rings is 1. The molecule has 0 spiro atoms. The van der Waals surface area contributed by atoms with Crippen LogP contribution in [0.4, 0.5) is 5.13 Å². The molecule has 0 unspecified atom stereocenters. The number of carbonyl (C=O) groups excluding carboxylic acids is 1. The summed E-state index contributed by atoms with van der Waals surface area (Å²) in [6.45, 7) is 1.90. The zero-order valence-corrected chi connectivity index (χ0v) is 26.9. The fourth-order valence-corrected chi connectivity index (χ4v) is 7.01. The SMILES string of the molecule is Cc1csc(NC(=O)c2ccc(-c3cnc4ccc(-c5cnn(C(c6ccccc6)(c6ccccc6)c6ccccc6)c5)cn34)cc2)n1. The van der Waals surface area contributed by atoms with Crippen LogP contribution in [0.3, 0.4) is 0 Å². The molecule has 0 aliphatic carbocycles. The molecule has 7 nitrogen and oxygen atoms in total. The maximum atomic E-state index is 12.8. The second-order valence-corrected chi connectivity index (χ2v) is 12.5. The molecule has 232 valence electrons. The van der Waals surface area contributed by atoms with E-state index in [1.807, 2.05) is 73.2 Å². The maximum absolute atomic E-state index is 12.8. The monoisotopic (exact) mass is 642 g/mol. The fraction of sp³-hybridized carbons (Fsp3) is 0.0500. The molecule has 4 aromatic heterocycles. The summed E-state index contributed by atoms with van der Waals surface area (Å²) in [5.74, 6) is -0.189. The van der Waals surface area contributed by atoms with Crippen LogP contribution in [0.2, 0.25) is 0 Å². The second-order valence-electron chi connectivity index (χ2n) is 11.6. The van der Waals surface area contributed by atoms with Crippen molar-refractivity contribution in [1.29, 1.82) is 0 Å². The van der Waals surface area contributed by atoms with Gasteiger partial charge in [-0.05, 0) is 47.9 Å². The molecule has 0 saturated carbocycles. The average molecular weight is 643 g/mol. The first-order chi connectivity index (χ1) is 23.6. The summed E-state index contributed by atoms with van der Waals surface area (Å²) in [6.07, 6.45) is 8.02. The standard InChI is InChI=1S/C40H30N6OS/c1-28-27-48-39(43-28)44-38(47)30-19-17-29(18-20-30)36-24-41-37-22-21-31(25-45(36)37)32-23-42-46(26-32)40(33-11-5-2-6-12-33,34-13-7-3-8-14-34)35-15-9-4-10-16-35/h2-27H,1H3,(H,43,44,47). The Labute approximate surface area is 281 Å². The highest BCUT2D eigenvalue weighted by Gasteiger charge is 2.39. The first kappa shape index (κ1) is 29.3. The molecule has 1 N–H and O–H groups in total. The Morgan fingerprint density at radius 3 is 1.88 bits per heavy atom. The van der Waals surface area contributed by atoms with Crippen LogP contribution in [-0.2, 0) is 5.54 Å². The minimum atomic E-state index is -0.696. The van der Waals surface area contributed by atoms with Gasteiger partial charge in [0.15, 0.2) is 5.13 Å². The topological polar surface area (TPSA) is 77.1 Å². The first-order valence-electron chi connectivity index (χ1n) is 15.6. The van der Waals surface area contributed by atoms with Crippen LogP contribution in [-0.4, -0.2) is 30.1 Å². The van der Waals surface area contributed by atoms with E-state index in [0.29, 0.717) is 10.7 Å². The van der Waals surface area contributed by atoms with Crippen molar-refractivity contribution in [2.24, 2.45) is 0 Å². The number of anilines is 1. The van der Waals surface area contributed by atoms with Crippen LogP contribution in [0, 0.1) is 6.92 Å². The van der Waals surface area contributed by atoms with Crippen LogP contribution in [0.15, 0.2) is 158 Å². The summed E-state index contributed by atoms with van der Waals surface area (Å²) in [5.41, 5.74) is 8.78. The van der Waals surface area contributed by atoms with Gasteiger partial charge in [-0.25, -0.2) is 9.97 Å². The lowest BCUT2D eigenvalue weighted by atomic mass is 9.77. The molecular formula is C40H30N6OS. The molecule has 1 amide bonds. The van der Waals surface area contributed by atoms with Crippen molar-refractivity contribution < 1.29 is 4.79 Å². The van der Waals surface area contributed by atoms with E-state index >= 15 is 0 Å². The zero-order chi connectivity index (χ0) is 32.5. The lowest BCUT2D eigenvalue weighted by Crippen LogP contribution is -2.38.